The van der Waals surface area contributed by atoms with E-state index in [1.165, 1.54) is 5.56 Å². The van der Waals surface area contributed by atoms with Gasteiger partial charge in [0.05, 0.1) is 6.07 Å². The average Bonchev–Trinajstić information content (AvgIpc) is 2.38. The van der Waals surface area contributed by atoms with Crippen molar-refractivity contribution in [3.63, 3.8) is 0 Å². The molecular formula is C17H17NO. The van der Waals surface area contributed by atoms with Crippen LogP contribution in [-0.4, -0.2) is 5.78 Å². The third-order valence-electron chi connectivity index (χ3n) is 3.37. The quantitative estimate of drug-likeness (QED) is 0.770. The van der Waals surface area contributed by atoms with Crippen molar-refractivity contribution < 1.29 is 4.79 Å². The molecule has 0 aliphatic heterocycles. The Labute approximate surface area is 113 Å². The number of aryl methyl sites for hydroxylation is 1. The first-order valence-electron chi connectivity index (χ1n) is 6.47. The Morgan fingerprint density at radius 2 is 1.74 bits per heavy atom. The molecule has 0 aliphatic rings. The molecule has 19 heavy (non-hydrogen) atoms. The van der Waals surface area contributed by atoms with Crippen molar-refractivity contribution in [1.82, 2.24) is 0 Å². The van der Waals surface area contributed by atoms with Crippen molar-refractivity contribution in [3.8, 4) is 6.07 Å². The first-order chi connectivity index (χ1) is 9.02. The zero-order chi connectivity index (χ0) is 14.0. The number of hydrogen-bond donors (Lipinski definition) is 0. The van der Waals surface area contributed by atoms with E-state index in [4.69, 9.17) is 5.26 Å². The van der Waals surface area contributed by atoms with E-state index in [0.29, 0.717) is 5.56 Å². The number of fused-ring (bicyclic) bond motifs is 1. The second kappa shape index (κ2) is 5.24. The third kappa shape index (κ3) is 2.66. The molecule has 0 spiro atoms. The minimum atomic E-state index is -0.567. The van der Waals surface area contributed by atoms with E-state index in [9.17, 15) is 4.79 Å². The lowest BCUT2D eigenvalue weighted by molar-refractivity contribution is 0.0924. The summed E-state index contributed by atoms with van der Waals surface area (Å²) in [5.74, 6) is -0.617. The number of carbonyl (C=O) groups is 1. The molecule has 0 aromatic heterocycles. The fraction of sp³-hybridized carbons (Fsp3) is 0.294. The second-order valence-corrected chi connectivity index (χ2v) is 5.28. The van der Waals surface area contributed by atoms with Gasteiger partial charge in [-0.05, 0) is 29.7 Å². The zero-order valence-electron chi connectivity index (χ0n) is 11.5. The first-order valence-corrected chi connectivity index (χ1v) is 6.47. The lowest BCUT2D eigenvalue weighted by atomic mass is 9.88. The summed E-state index contributed by atoms with van der Waals surface area (Å²) in [7, 11) is 0. The molecule has 0 radical (unpaired) electrons. The monoisotopic (exact) mass is 251 g/mol. The lowest BCUT2D eigenvalue weighted by Gasteiger charge is -2.12. The number of nitriles is 1. The Bertz CT molecular complexity index is 665. The van der Waals surface area contributed by atoms with Gasteiger partial charge in [0.15, 0.2) is 5.78 Å². The molecule has 2 nitrogen and oxygen atoms in total. The van der Waals surface area contributed by atoms with Crippen LogP contribution in [-0.2, 0) is 0 Å². The van der Waals surface area contributed by atoms with Crippen molar-refractivity contribution in [2.75, 3.05) is 0 Å². The number of benzene rings is 2. The molecule has 0 heterocycles. The molecule has 2 heteroatoms. The summed E-state index contributed by atoms with van der Waals surface area (Å²) in [5, 5.41) is 11.3. The number of ketones is 1. The van der Waals surface area contributed by atoms with Gasteiger partial charge in [0.25, 0.3) is 0 Å². The topological polar surface area (TPSA) is 40.9 Å². The molecule has 2 rings (SSSR count). The summed E-state index contributed by atoms with van der Waals surface area (Å²) in [4.78, 5) is 12.3. The van der Waals surface area contributed by atoms with Crippen LogP contribution < -0.4 is 0 Å². The van der Waals surface area contributed by atoms with E-state index in [0.717, 1.165) is 10.8 Å². The summed E-state index contributed by atoms with van der Waals surface area (Å²) in [6.45, 7) is 5.84. The molecule has 2 aromatic rings. The van der Waals surface area contributed by atoms with Gasteiger partial charge in [-0.3, -0.25) is 4.79 Å². The minimum Gasteiger partial charge on any atom is -0.293 e. The Morgan fingerprint density at radius 3 is 2.37 bits per heavy atom. The van der Waals surface area contributed by atoms with E-state index in [2.05, 4.69) is 12.1 Å². The standard InChI is InChI=1S/C17H17NO/c1-11(2)16(10-18)17(19)15-7-6-13-8-12(3)4-5-14(13)9-15/h4-9,11,16H,1-3H3. The van der Waals surface area contributed by atoms with Gasteiger partial charge in [0, 0.05) is 5.56 Å². The van der Waals surface area contributed by atoms with Crippen LogP contribution in [0.1, 0.15) is 29.8 Å². The molecule has 0 fully saturated rings. The number of carbonyl (C=O) groups excluding carboxylic acids is 1. The van der Waals surface area contributed by atoms with E-state index in [1.54, 1.807) is 0 Å². The molecule has 1 unspecified atom stereocenters. The Balaban J connectivity index is 2.44. The summed E-state index contributed by atoms with van der Waals surface area (Å²) >= 11 is 0. The predicted molar refractivity (Wildman–Crippen MR) is 77.0 cm³/mol. The molecule has 0 N–H and O–H groups in total. The van der Waals surface area contributed by atoms with Gasteiger partial charge in [0.2, 0.25) is 0 Å². The summed E-state index contributed by atoms with van der Waals surface area (Å²) in [6.07, 6.45) is 0. The smallest absolute Gasteiger partial charge is 0.180 e. The fourth-order valence-corrected chi connectivity index (χ4v) is 2.21. The van der Waals surface area contributed by atoms with E-state index in [1.807, 2.05) is 51.1 Å². The van der Waals surface area contributed by atoms with Crippen LogP contribution in [0.2, 0.25) is 0 Å². The lowest BCUT2D eigenvalue weighted by Crippen LogP contribution is -2.18. The van der Waals surface area contributed by atoms with Crippen molar-refractivity contribution in [3.05, 3.63) is 47.5 Å². The molecule has 0 saturated carbocycles. The zero-order valence-corrected chi connectivity index (χ0v) is 11.5. The molecule has 96 valence electrons. The summed E-state index contributed by atoms with van der Waals surface area (Å²) in [6, 6.07) is 13.9. The molecular weight excluding hydrogens is 234 g/mol. The van der Waals surface area contributed by atoms with Gasteiger partial charge in [-0.25, -0.2) is 0 Å². The van der Waals surface area contributed by atoms with Gasteiger partial charge in [0.1, 0.15) is 5.92 Å². The molecule has 1 atom stereocenters. The maximum atomic E-state index is 12.3. The summed E-state index contributed by atoms with van der Waals surface area (Å²) < 4.78 is 0. The maximum Gasteiger partial charge on any atom is 0.180 e. The predicted octanol–water partition coefficient (Wildman–Crippen LogP) is 4.13. The molecule has 0 bridgehead atoms. The maximum absolute atomic E-state index is 12.3. The Kier molecular flexibility index (Phi) is 3.66. The first kappa shape index (κ1) is 13.3. The minimum absolute atomic E-state index is 0.0335. The van der Waals surface area contributed by atoms with Crippen LogP contribution in [0.15, 0.2) is 36.4 Å². The number of hydrogen-bond acceptors (Lipinski definition) is 2. The Morgan fingerprint density at radius 1 is 1.11 bits per heavy atom. The van der Waals surface area contributed by atoms with Gasteiger partial charge < -0.3 is 0 Å². The molecule has 0 aliphatic carbocycles. The number of nitrogens with zero attached hydrogens (tertiary/aromatic N) is 1. The van der Waals surface area contributed by atoms with Gasteiger partial charge in [-0.2, -0.15) is 5.26 Å². The van der Waals surface area contributed by atoms with Gasteiger partial charge >= 0.3 is 0 Å². The van der Waals surface area contributed by atoms with Crippen molar-refractivity contribution in [1.29, 1.82) is 5.26 Å². The largest absolute Gasteiger partial charge is 0.293 e. The normalized spacial score (nSPS) is 12.4. The highest BCUT2D eigenvalue weighted by molar-refractivity contribution is 6.02. The van der Waals surface area contributed by atoms with E-state index < -0.39 is 5.92 Å². The highest BCUT2D eigenvalue weighted by Crippen LogP contribution is 2.22. The number of rotatable bonds is 3. The van der Waals surface area contributed by atoms with Gasteiger partial charge in [-0.1, -0.05) is 49.7 Å². The highest BCUT2D eigenvalue weighted by atomic mass is 16.1. The van der Waals surface area contributed by atoms with Crippen LogP contribution in [0, 0.1) is 30.1 Å². The van der Waals surface area contributed by atoms with Crippen LogP contribution in [0.4, 0.5) is 0 Å². The van der Waals surface area contributed by atoms with Crippen LogP contribution in [0.25, 0.3) is 10.8 Å². The number of Topliss-reactive ketones (excluding diaryl/α,β-unsaturated/α-hetero) is 1. The van der Waals surface area contributed by atoms with E-state index >= 15 is 0 Å². The third-order valence-corrected chi connectivity index (χ3v) is 3.37. The molecule has 0 amide bonds. The van der Waals surface area contributed by atoms with Crippen molar-refractivity contribution >= 4 is 16.6 Å². The van der Waals surface area contributed by atoms with Crippen molar-refractivity contribution in [2.45, 2.75) is 20.8 Å². The van der Waals surface area contributed by atoms with Crippen molar-refractivity contribution in [2.24, 2.45) is 11.8 Å². The average molecular weight is 251 g/mol. The fourth-order valence-electron chi connectivity index (χ4n) is 2.21. The van der Waals surface area contributed by atoms with Crippen LogP contribution in [0.5, 0.6) is 0 Å². The van der Waals surface area contributed by atoms with E-state index in [-0.39, 0.29) is 11.7 Å². The van der Waals surface area contributed by atoms with Crippen LogP contribution in [0.3, 0.4) is 0 Å². The SMILES string of the molecule is Cc1ccc2cc(C(=O)C(C#N)C(C)C)ccc2c1. The van der Waals surface area contributed by atoms with Crippen LogP contribution >= 0.6 is 0 Å². The van der Waals surface area contributed by atoms with Gasteiger partial charge in [-0.15, -0.1) is 0 Å². The Hall–Kier alpha value is -2.14. The molecule has 0 saturated heterocycles. The molecule has 2 aromatic carbocycles. The highest BCUT2D eigenvalue weighted by Gasteiger charge is 2.23. The second-order valence-electron chi connectivity index (χ2n) is 5.28. The summed E-state index contributed by atoms with van der Waals surface area (Å²) in [5.41, 5.74) is 1.82.